The molecule has 0 saturated heterocycles. The molecule has 0 spiro atoms. The van der Waals surface area contributed by atoms with Crippen LogP contribution in [0.3, 0.4) is 0 Å². The van der Waals surface area contributed by atoms with Crippen molar-refractivity contribution in [3.63, 3.8) is 0 Å². The van der Waals surface area contributed by atoms with Crippen LogP contribution in [0.1, 0.15) is 6.42 Å². The van der Waals surface area contributed by atoms with E-state index in [9.17, 15) is 9.59 Å². The van der Waals surface area contributed by atoms with E-state index in [0.29, 0.717) is 10.8 Å². The third-order valence-corrected chi connectivity index (χ3v) is 2.41. The first kappa shape index (κ1) is 15.0. The largest absolute Gasteiger partial charge is 0.491 e. The number of carboxylic acids is 1. The Labute approximate surface area is 115 Å². The highest BCUT2D eigenvalue weighted by Gasteiger charge is 2.03. The molecule has 0 unspecified atom stereocenters. The number of para-hydroxylation sites is 1. The van der Waals surface area contributed by atoms with Gasteiger partial charge in [0.2, 0.25) is 5.91 Å². The fraction of sp³-hybridized carbons (Fsp3) is 0.231. The standard InChI is InChI=1S/C13H14ClNO4/c14-10-4-1-2-5-11(10)19-9-7-12(16)15-8-3-6-13(17)18/h1-6H,7-9H2,(H,15,16)(H,17,18)/b6-3+. The molecular weight excluding hydrogens is 270 g/mol. The molecule has 19 heavy (non-hydrogen) atoms. The molecule has 1 amide bonds. The molecule has 0 aliphatic heterocycles. The Morgan fingerprint density at radius 3 is 2.79 bits per heavy atom. The fourth-order valence-corrected chi connectivity index (χ4v) is 1.43. The summed E-state index contributed by atoms with van der Waals surface area (Å²) in [4.78, 5) is 21.5. The van der Waals surface area contributed by atoms with Crippen LogP contribution in [0.5, 0.6) is 5.75 Å². The van der Waals surface area contributed by atoms with Crippen molar-refractivity contribution in [1.29, 1.82) is 0 Å². The number of rotatable bonds is 7. The van der Waals surface area contributed by atoms with Gasteiger partial charge in [-0.2, -0.15) is 0 Å². The quantitative estimate of drug-likeness (QED) is 0.749. The van der Waals surface area contributed by atoms with Gasteiger partial charge in [0.15, 0.2) is 0 Å². The van der Waals surface area contributed by atoms with Crippen LogP contribution >= 0.6 is 11.6 Å². The van der Waals surface area contributed by atoms with Crippen molar-refractivity contribution < 1.29 is 19.4 Å². The van der Waals surface area contributed by atoms with E-state index < -0.39 is 5.97 Å². The molecule has 0 heterocycles. The molecule has 0 aromatic heterocycles. The first-order chi connectivity index (χ1) is 9.09. The Kier molecular flexibility index (Phi) is 6.46. The maximum Gasteiger partial charge on any atom is 0.328 e. The lowest BCUT2D eigenvalue weighted by Crippen LogP contribution is -2.25. The molecule has 6 heteroatoms. The molecule has 0 aliphatic carbocycles. The smallest absolute Gasteiger partial charge is 0.328 e. The molecular formula is C13H14ClNO4. The maximum absolute atomic E-state index is 11.4. The third-order valence-electron chi connectivity index (χ3n) is 2.10. The first-order valence-corrected chi connectivity index (χ1v) is 6.01. The van der Waals surface area contributed by atoms with Gasteiger partial charge in [0.05, 0.1) is 18.1 Å². The predicted octanol–water partition coefficient (Wildman–Crippen LogP) is 1.87. The first-order valence-electron chi connectivity index (χ1n) is 5.63. The van der Waals surface area contributed by atoms with Gasteiger partial charge in [0.25, 0.3) is 0 Å². The lowest BCUT2D eigenvalue weighted by molar-refractivity contribution is -0.131. The molecule has 0 fully saturated rings. The minimum Gasteiger partial charge on any atom is -0.491 e. The maximum atomic E-state index is 11.4. The molecule has 5 nitrogen and oxygen atoms in total. The number of amides is 1. The molecule has 0 aliphatic rings. The van der Waals surface area contributed by atoms with Gasteiger partial charge >= 0.3 is 5.97 Å². The number of benzene rings is 1. The monoisotopic (exact) mass is 283 g/mol. The van der Waals surface area contributed by atoms with Crippen molar-refractivity contribution in [1.82, 2.24) is 5.32 Å². The Morgan fingerprint density at radius 1 is 1.37 bits per heavy atom. The summed E-state index contributed by atoms with van der Waals surface area (Å²) in [7, 11) is 0. The minimum atomic E-state index is -1.05. The van der Waals surface area contributed by atoms with Crippen LogP contribution in [0, 0.1) is 0 Å². The summed E-state index contributed by atoms with van der Waals surface area (Å²) in [5.74, 6) is -0.735. The second-order valence-electron chi connectivity index (χ2n) is 3.57. The number of hydrogen-bond donors (Lipinski definition) is 2. The van der Waals surface area contributed by atoms with Crippen molar-refractivity contribution in [3.8, 4) is 5.75 Å². The number of carbonyl (C=O) groups excluding carboxylic acids is 1. The second kappa shape index (κ2) is 8.16. The number of ether oxygens (including phenoxy) is 1. The van der Waals surface area contributed by atoms with Crippen molar-refractivity contribution in [3.05, 3.63) is 41.4 Å². The average Bonchev–Trinajstić information content (AvgIpc) is 2.37. The summed E-state index contributed by atoms with van der Waals surface area (Å²) in [5.41, 5.74) is 0. The molecule has 1 aromatic rings. The molecule has 1 rings (SSSR count). The number of nitrogens with one attached hydrogen (secondary N) is 1. The van der Waals surface area contributed by atoms with Crippen LogP contribution < -0.4 is 10.1 Å². The van der Waals surface area contributed by atoms with Gasteiger partial charge in [0.1, 0.15) is 5.75 Å². The fourth-order valence-electron chi connectivity index (χ4n) is 1.24. The zero-order chi connectivity index (χ0) is 14.1. The summed E-state index contributed by atoms with van der Waals surface area (Å²) in [5, 5.41) is 11.4. The summed E-state index contributed by atoms with van der Waals surface area (Å²) >= 11 is 5.88. The van der Waals surface area contributed by atoms with Gasteiger partial charge < -0.3 is 15.2 Å². The van der Waals surface area contributed by atoms with E-state index in [-0.39, 0.29) is 25.5 Å². The molecule has 0 bridgehead atoms. The Morgan fingerprint density at radius 2 is 2.11 bits per heavy atom. The van der Waals surface area contributed by atoms with Crippen molar-refractivity contribution in [2.75, 3.05) is 13.2 Å². The van der Waals surface area contributed by atoms with E-state index >= 15 is 0 Å². The molecule has 102 valence electrons. The van der Waals surface area contributed by atoms with Crippen molar-refractivity contribution in [2.24, 2.45) is 0 Å². The van der Waals surface area contributed by atoms with Gasteiger partial charge in [-0.05, 0) is 12.1 Å². The Bertz CT molecular complexity index is 473. The number of carboxylic acid groups (broad SMARTS) is 1. The number of carbonyl (C=O) groups is 2. The van der Waals surface area contributed by atoms with Crippen LogP contribution in [-0.4, -0.2) is 30.1 Å². The second-order valence-corrected chi connectivity index (χ2v) is 3.98. The van der Waals surface area contributed by atoms with Gasteiger partial charge in [-0.1, -0.05) is 29.8 Å². The summed E-state index contributed by atoms with van der Waals surface area (Å²) in [6.45, 7) is 0.384. The predicted molar refractivity (Wildman–Crippen MR) is 71.3 cm³/mol. The van der Waals surface area contributed by atoms with Crippen LogP contribution in [-0.2, 0) is 9.59 Å². The van der Waals surface area contributed by atoms with Crippen molar-refractivity contribution >= 4 is 23.5 Å². The van der Waals surface area contributed by atoms with Crippen LogP contribution in [0.4, 0.5) is 0 Å². The van der Waals surface area contributed by atoms with Gasteiger partial charge in [0, 0.05) is 12.6 Å². The highest BCUT2D eigenvalue weighted by atomic mass is 35.5. The summed E-state index contributed by atoms with van der Waals surface area (Å²) in [6, 6.07) is 7.00. The van der Waals surface area contributed by atoms with Crippen LogP contribution in [0.2, 0.25) is 5.02 Å². The molecule has 2 N–H and O–H groups in total. The average molecular weight is 284 g/mol. The number of aliphatic carboxylic acids is 1. The van der Waals surface area contributed by atoms with E-state index in [1.54, 1.807) is 24.3 Å². The zero-order valence-corrected chi connectivity index (χ0v) is 10.9. The molecule has 0 saturated carbocycles. The van der Waals surface area contributed by atoms with E-state index in [1.165, 1.54) is 6.08 Å². The highest BCUT2D eigenvalue weighted by molar-refractivity contribution is 6.32. The third kappa shape index (κ3) is 6.47. The van der Waals surface area contributed by atoms with Gasteiger partial charge in [-0.25, -0.2) is 4.79 Å². The Balaban J connectivity index is 2.21. The van der Waals surface area contributed by atoms with Crippen molar-refractivity contribution in [2.45, 2.75) is 6.42 Å². The molecule has 1 aromatic carbocycles. The van der Waals surface area contributed by atoms with Gasteiger partial charge in [-0.3, -0.25) is 4.79 Å². The minimum absolute atomic E-state index is 0.173. The van der Waals surface area contributed by atoms with Crippen LogP contribution in [0.25, 0.3) is 0 Å². The molecule has 0 atom stereocenters. The lowest BCUT2D eigenvalue weighted by atomic mass is 10.3. The Hall–Kier alpha value is -2.01. The summed E-state index contributed by atoms with van der Waals surface area (Å²) in [6.07, 6.45) is 2.50. The van der Waals surface area contributed by atoms with E-state index in [2.05, 4.69) is 5.32 Å². The van der Waals surface area contributed by atoms with E-state index in [0.717, 1.165) is 6.08 Å². The lowest BCUT2D eigenvalue weighted by Gasteiger charge is -2.07. The SMILES string of the molecule is O=C(O)/C=C/CNC(=O)CCOc1ccccc1Cl. The van der Waals surface area contributed by atoms with Gasteiger partial charge in [-0.15, -0.1) is 0 Å². The zero-order valence-electron chi connectivity index (χ0n) is 10.1. The normalized spacial score (nSPS) is 10.4. The number of hydrogen-bond acceptors (Lipinski definition) is 3. The number of halogens is 1. The highest BCUT2D eigenvalue weighted by Crippen LogP contribution is 2.22. The van der Waals surface area contributed by atoms with E-state index in [1.807, 2.05) is 0 Å². The van der Waals surface area contributed by atoms with Crippen LogP contribution in [0.15, 0.2) is 36.4 Å². The van der Waals surface area contributed by atoms with E-state index in [4.69, 9.17) is 21.4 Å². The summed E-state index contributed by atoms with van der Waals surface area (Å²) < 4.78 is 5.35. The molecule has 0 radical (unpaired) electrons. The topological polar surface area (TPSA) is 75.6 Å².